The monoisotopic (exact) mass is 350 g/mol. The number of aliphatic hydroxyl groups is 1. The molecule has 1 heterocycles. The lowest BCUT2D eigenvalue weighted by atomic mass is 9.78. The molecule has 0 unspecified atom stereocenters. The van der Waals surface area contributed by atoms with Crippen LogP contribution in [0.2, 0.25) is 0 Å². The van der Waals surface area contributed by atoms with E-state index >= 15 is 0 Å². The Labute approximate surface area is 147 Å². The van der Waals surface area contributed by atoms with Crippen molar-refractivity contribution in [2.45, 2.75) is 52.0 Å². The summed E-state index contributed by atoms with van der Waals surface area (Å²) in [4.78, 5) is 31.1. The standard InChI is InChI=1S/C17H26N4O4/c1-10-11(2)19-16(17(24)25)21-15(10)20-13(12-4-3-5-12)6-7-14(23)18-8-9-22/h12-13,22H,3-9H2,1-2H3,(H,18,23)(H,24,25)(H,19,20,21)/t13-/m1/s1. The molecule has 1 atom stereocenters. The highest BCUT2D eigenvalue weighted by Crippen LogP contribution is 2.33. The normalized spacial score (nSPS) is 15.3. The third kappa shape index (κ3) is 5.12. The van der Waals surface area contributed by atoms with Gasteiger partial charge in [0.1, 0.15) is 5.82 Å². The maximum atomic E-state index is 11.8. The van der Waals surface area contributed by atoms with Crippen LogP contribution in [0.3, 0.4) is 0 Å². The van der Waals surface area contributed by atoms with E-state index in [9.17, 15) is 9.59 Å². The summed E-state index contributed by atoms with van der Waals surface area (Å²) in [7, 11) is 0. The summed E-state index contributed by atoms with van der Waals surface area (Å²) in [5, 5.41) is 23.9. The van der Waals surface area contributed by atoms with E-state index in [-0.39, 0.29) is 30.9 Å². The molecule has 0 aliphatic heterocycles. The Hall–Kier alpha value is -2.22. The number of aryl methyl sites for hydroxylation is 1. The summed E-state index contributed by atoms with van der Waals surface area (Å²) in [6, 6.07) is 0.0586. The molecule has 0 spiro atoms. The van der Waals surface area contributed by atoms with Gasteiger partial charge in [-0.3, -0.25) is 4.79 Å². The number of hydrogen-bond donors (Lipinski definition) is 4. The second kappa shape index (κ2) is 8.75. The zero-order chi connectivity index (χ0) is 18.4. The Morgan fingerprint density at radius 3 is 2.56 bits per heavy atom. The van der Waals surface area contributed by atoms with Crippen LogP contribution in [0.5, 0.6) is 0 Å². The number of carbonyl (C=O) groups excluding carboxylic acids is 1. The van der Waals surface area contributed by atoms with Gasteiger partial charge < -0.3 is 20.8 Å². The SMILES string of the molecule is Cc1nc(C(=O)O)nc(N[C@H](CCC(=O)NCCO)C2CCC2)c1C. The smallest absolute Gasteiger partial charge is 0.374 e. The topological polar surface area (TPSA) is 124 Å². The second-order valence-electron chi connectivity index (χ2n) is 6.47. The first-order valence-corrected chi connectivity index (χ1v) is 8.65. The number of anilines is 1. The minimum Gasteiger partial charge on any atom is -0.475 e. The van der Waals surface area contributed by atoms with Crippen molar-refractivity contribution in [3.05, 3.63) is 17.1 Å². The first-order chi connectivity index (χ1) is 11.9. The maximum absolute atomic E-state index is 11.8. The maximum Gasteiger partial charge on any atom is 0.374 e. The number of nitrogens with one attached hydrogen (secondary N) is 2. The molecule has 2 rings (SSSR count). The van der Waals surface area contributed by atoms with Gasteiger partial charge in [0, 0.05) is 30.3 Å². The molecule has 1 amide bonds. The fraction of sp³-hybridized carbons (Fsp3) is 0.647. The lowest BCUT2D eigenvalue weighted by molar-refractivity contribution is -0.121. The predicted octanol–water partition coefficient (Wildman–Crippen LogP) is 1.26. The second-order valence-corrected chi connectivity index (χ2v) is 6.47. The number of carboxylic acids is 1. The number of carbonyl (C=O) groups is 2. The summed E-state index contributed by atoms with van der Waals surface area (Å²) < 4.78 is 0. The van der Waals surface area contributed by atoms with E-state index in [1.165, 1.54) is 6.42 Å². The summed E-state index contributed by atoms with van der Waals surface area (Å²) in [5.41, 5.74) is 1.45. The third-order valence-electron chi connectivity index (χ3n) is 4.74. The van der Waals surface area contributed by atoms with Crippen LogP contribution >= 0.6 is 0 Å². The number of aromatic nitrogens is 2. The summed E-state index contributed by atoms with van der Waals surface area (Å²) in [5.74, 6) is -0.499. The number of aliphatic hydroxyl groups excluding tert-OH is 1. The zero-order valence-corrected chi connectivity index (χ0v) is 14.7. The van der Waals surface area contributed by atoms with Gasteiger partial charge in [0.05, 0.1) is 6.61 Å². The van der Waals surface area contributed by atoms with Gasteiger partial charge in [-0.1, -0.05) is 6.42 Å². The van der Waals surface area contributed by atoms with Crippen LogP contribution in [0.25, 0.3) is 0 Å². The summed E-state index contributed by atoms with van der Waals surface area (Å²) >= 11 is 0. The molecule has 1 fully saturated rings. The highest BCUT2D eigenvalue weighted by Gasteiger charge is 2.28. The molecule has 0 radical (unpaired) electrons. The predicted molar refractivity (Wildman–Crippen MR) is 92.5 cm³/mol. The molecule has 0 aromatic carbocycles. The van der Waals surface area contributed by atoms with Crippen molar-refractivity contribution in [3.8, 4) is 0 Å². The Balaban J connectivity index is 2.09. The number of amides is 1. The molecular formula is C17H26N4O4. The highest BCUT2D eigenvalue weighted by molar-refractivity contribution is 5.83. The van der Waals surface area contributed by atoms with Gasteiger partial charge in [-0.05, 0) is 39.0 Å². The van der Waals surface area contributed by atoms with E-state index in [1.807, 2.05) is 6.92 Å². The van der Waals surface area contributed by atoms with Crippen LogP contribution in [0.1, 0.15) is 54.0 Å². The van der Waals surface area contributed by atoms with Gasteiger partial charge in [0.15, 0.2) is 0 Å². The van der Waals surface area contributed by atoms with Gasteiger partial charge in [0.2, 0.25) is 11.7 Å². The van der Waals surface area contributed by atoms with Crippen LogP contribution in [0, 0.1) is 19.8 Å². The molecule has 4 N–H and O–H groups in total. The van der Waals surface area contributed by atoms with Crippen LogP contribution in [0.15, 0.2) is 0 Å². The van der Waals surface area contributed by atoms with E-state index in [2.05, 4.69) is 20.6 Å². The zero-order valence-electron chi connectivity index (χ0n) is 14.7. The van der Waals surface area contributed by atoms with E-state index in [4.69, 9.17) is 10.2 Å². The first-order valence-electron chi connectivity index (χ1n) is 8.65. The van der Waals surface area contributed by atoms with Gasteiger partial charge in [0.25, 0.3) is 0 Å². The number of nitrogens with zero attached hydrogens (tertiary/aromatic N) is 2. The fourth-order valence-electron chi connectivity index (χ4n) is 2.88. The molecule has 1 aromatic rings. The van der Waals surface area contributed by atoms with Crippen LogP contribution in [-0.2, 0) is 4.79 Å². The van der Waals surface area contributed by atoms with E-state index in [0.717, 1.165) is 18.4 Å². The van der Waals surface area contributed by atoms with Crippen molar-refractivity contribution in [3.63, 3.8) is 0 Å². The van der Waals surface area contributed by atoms with Crippen LogP contribution in [0.4, 0.5) is 5.82 Å². The average molecular weight is 350 g/mol. The summed E-state index contributed by atoms with van der Waals surface area (Å²) in [6.45, 7) is 3.80. The molecule has 8 heteroatoms. The molecule has 25 heavy (non-hydrogen) atoms. The van der Waals surface area contributed by atoms with Gasteiger partial charge in [-0.15, -0.1) is 0 Å². The summed E-state index contributed by atoms with van der Waals surface area (Å²) in [6.07, 6.45) is 4.33. The lowest BCUT2D eigenvalue weighted by Gasteiger charge is -2.35. The third-order valence-corrected chi connectivity index (χ3v) is 4.74. The number of aromatic carboxylic acids is 1. The highest BCUT2D eigenvalue weighted by atomic mass is 16.4. The minimum atomic E-state index is -1.16. The van der Waals surface area contributed by atoms with E-state index in [0.29, 0.717) is 30.3 Å². The molecule has 1 saturated carbocycles. The van der Waals surface area contributed by atoms with Crippen molar-refractivity contribution in [2.24, 2.45) is 5.92 Å². The van der Waals surface area contributed by atoms with E-state index in [1.54, 1.807) is 6.92 Å². The molecule has 0 bridgehead atoms. The van der Waals surface area contributed by atoms with Crippen molar-refractivity contribution < 1.29 is 19.8 Å². The quantitative estimate of drug-likeness (QED) is 0.528. The van der Waals surface area contributed by atoms with Crippen LogP contribution in [-0.4, -0.2) is 51.3 Å². The Bertz CT molecular complexity index is 631. The largest absolute Gasteiger partial charge is 0.475 e. The Morgan fingerprint density at radius 1 is 1.28 bits per heavy atom. The van der Waals surface area contributed by atoms with Crippen molar-refractivity contribution in [2.75, 3.05) is 18.5 Å². The molecule has 8 nitrogen and oxygen atoms in total. The average Bonchev–Trinajstić information content (AvgIpc) is 2.52. The van der Waals surface area contributed by atoms with Crippen molar-refractivity contribution in [1.82, 2.24) is 15.3 Å². The van der Waals surface area contributed by atoms with Crippen molar-refractivity contribution in [1.29, 1.82) is 0 Å². The molecule has 0 saturated heterocycles. The molecule has 138 valence electrons. The van der Waals surface area contributed by atoms with Gasteiger partial charge >= 0.3 is 5.97 Å². The number of rotatable bonds is 9. The minimum absolute atomic E-state index is 0.0586. The first kappa shape index (κ1) is 19.1. The van der Waals surface area contributed by atoms with E-state index < -0.39 is 5.97 Å². The molecule has 1 aliphatic carbocycles. The Kier molecular flexibility index (Phi) is 6.69. The fourth-order valence-corrected chi connectivity index (χ4v) is 2.88. The van der Waals surface area contributed by atoms with Gasteiger partial charge in [-0.25, -0.2) is 14.8 Å². The van der Waals surface area contributed by atoms with Gasteiger partial charge in [-0.2, -0.15) is 0 Å². The van der Waals surface area contributed by atoms with Crippen molar-refractivity contribution >= 4 is 17.7 Å². The lowest BCUT2D eigenvalue weighted by Crippen LogP contribution is -2.36. The molecular weight excluding hydrogens is 324 g/mol. The molecule has 1 aliphatic rings. The molecule has 1 aromatic heterocycles. The Morgan fingerprint density at radius 2 is 2.00 bits per heavy atom. The number of carboxylic acid groups (broad SMARTS) is 1. The number of hydrogen-bond acceptors (Lipinski definition) is 6. The van der Waals surface area contributed by atoms with Crippen LogP contribution < -0.4 is 10.6 Å².